The number of halogens is 3. The van der Waals surface area contributed by atoms with Crippen LogP contribution >= 0.6 is 0 Å². The average Bonchev–Trinajstić information content (AvgIpc) is 2.38. The normalized spacial score (nSPS) is 11.4. The summed E-state index contributed by atoms with van der Waals surface area (Å²) in [7, 11) is 0. The van der Waals surface area contributed by atoms with Crippen LogP contribution in [0, 0.1) is 0 Å². The Balaban J connectivity index is 2.23. The molecule has 0 saturated heterocycles. The number of alkyl halides is 3. The molecular weight excluding hydrogens is 257 g/mol. The van der Waals surface area contributed by atoms with Crippen molar-refractivity contribution in [2.45, 2.75) is 12.8 Å². The van der Waals surface area contributed by atoms with E-state index in [1.165, 1.54) is 12.1 Å². The molecule has 0 heterocycles. The molecule has 0 aliphatic heterocycles. The van der Waals surface area contributed by atoms with Gasteiger partial charge in [-0.1, -0.05) is 18.2 Å². The van der Waals surface area contributed by atoms with Gasteiger partial charge in [0.25, 0.3) is 0 Å². The van der Waals surface area contributed by atoms with Crippen molar-refractivity contribution < 1.29 is 23.0 Å². The molecule has 0 radical (unpaired) electrons. The van der Waals surface area contributed by atoms with Crippen LogP contribution in [-0.2, 0) is 12.8 Å². The van der Waals surface area contributed by atoms with Gasteiger partial charge >= 0.3 is 6.18 Å². The third-order valence-electron chi connectivity index (χ3n) is 2.48. The fraction of sp³-hybridized carbons (Fsp3) is 0.143. The van der Waals surface area contributed by atoms with E-state index in [1.54, 1.807) is 24.3 Å². The van der Waals surface area contributed by atoms with Crippen LogP contribution < -0.4 is 4.74 Å². The third kappa shape index (κ3) is 3.48. The van der Waals surface area contributed by atoms with Gasteiger partial charge in [0.1, 0.15) is 11.5 Å². The first-order valence-electron chi connectivity index (χ1n) is 5.54. The molecule has 0 bridgehead atoms. The summed E-state index contributed by atoms with van der Waals surface area (Å²) in [6.07, 6.45) is -4.40. The third-order valence-corrected chi connectivity index (χ3v) is 2.48. The first-order valence-corrected chi connectivity index (χ1v) is 5.54. The molecule has 0 saturated carbocycles. The highest BCUT2D eigenvalue weighted by atomic mass is 19.4. The molecule has 5 heteroatoms. The summed E-state index contributed by atoms with van der Waals surface area (Å²) in [5.41, 5.74) is -0.132. The molecule has 1 N–H and O–H groups in total. The molecule has 2 aromatic rings. The monoisotopic (exact) mass is 268 g/mol. The smallest absolute Gasteiger partial charge is 0.416 e. The van der Waals surface area contributed by atoms with Crippen molar-refractivity contribution in [1.82, 2.24) is 0 Å². The molecule has 0 amide bonds. The van der Waals surface area contributed by atoms with Crippen LogP contribution in [0.4, 0.5) is 13.2 Å². The van der Waals surface area contributed by atoms with E-state index in [0.29, 0.717) is 11.3 Å². The van der Waals surface area contributed by atoms with E-state index in [4.69, 9.17) is 9.84 Å². The summed E-state index contributed by atoms with van der Waals surface area (Å²) < 4.78 is 43.0. The van der Waals surface area contributed by atoms with Gasteiger partial charge in [0.15, 0.2) is 0 Å². The van der Waals surface area contributed by atoms with Crippen LogP contribution in [0.25, 0.3) is 0 Å². The minimum Gasteiger partial charge on any atom is -0.457 e. The molecule has 0 spiro atoms. The lowest BCUT2D eigenvalue weighted by Crippen LogP contribution is -2.04. The van der Waals surface area contributed by atoms with Gasteiger partial charge < -0.3 is 9.84 Å². The standard InChI is InChI=1S/C14H11F3O2/c15-14(16,17)11-4-2-6-13(8-11)19-12-5-1-3-10(7-12)9-18/h1-8,18H,9H2. The van der Waals surface area contributed by atoms with E-state index >= 15 is 0 Å². The number of ether oxygens (including phenoxy) is 1. The average molecular weight is 268 g/mol. The lowest BCUT2D eigenvalue weighted by atomic mass is 10.2. The summed E-state index contributed by atoms with van der Waals surface area (Å²) in [6.45, 7) is -0.153. The number of aliphatic hydroxyl groups excluding tert-OH is 1. The minimum atomic E-state index is -4.40. The molecule has 0 unspecified atom stereocenters. The Bertz CT molecular complexity index is 565. The fourth-order valence-corrected chi connectivity index (χ4v) is 1.58. The van der Waals surface area contributed by atoms with Crippen LogP contribution in [0.2, 0.25) is 0 Å². The van der Waals surface area contributed by atoms with Gasteiger partial charge in [-0.25, -0.2) is 0 Å². The van der Waals surface area contributed by atoms with E-state index in [-0.39, 0.29) is 12.4 Å². The second-order valence-corrected chi connectivity index (χ2v) is 3.93. The lowest BCUT2D eigenvalue weighted by Gasteiger charge is -2.10. The summed E-state index contributed by atoms with van der Waals surface area (Å²) in [5, 5.41) is 8.97. The highest BCUT2D eigenvalue weighted by Gasteiger charge is 2.30. The number of benzene rings is 2. The van der Waals surface area contributed by atoms with Crippen molar-refractivity contribution in [3.63, 3.8) is 0 Å². The Hall–Kier alpha value is -2.01. The SMILES string of the molecule is OCc1cccc(Oc2cccc(C(F)(F)F)c2)c1. The maximum atomic E-state index is 12.5. The molecular formula is C14H11F3O2. The van der Waals surface area contributed by atoms with Gasteiger partial charge in [-0.15, -0.1) is 0 Å². The predicted molar refractivity (Wildman–Crippen MR) is 63.9 cm³/mol. The molecule has 0 aliphatic rings. The number of hydrogen-bond donors (Lipinski definition) is 1. The van der Waals surface area contributed by atoms with E-state index in [1.807, 2.05) is 0 Å². The molecule has 19 heavy (non-hydrogen) atoms. The minimum absolute atomic E-state index is 0.102. The molecule has 0 aliphatic carbocycles. The largest absolute Gasteiger partial charge is 0.457 e. The summed E-state index contributed by atoms with van der Waals surface area (Å²) >= 11 is 0. The maximum absolute atomic E-state index is 12.5. The van der Waals surface area contributed by atoms with Crippen molar-refractivity contribution in [3.8, 4) is 11.5 Å². The van der Waals surface area contributed by atoms with Crippen molar-refractivity contribution in [3.05, 3.63) is 59.7 Å². The van der Waals surface area contributed by atoms with Gasteiger partial charge in [-0.2, -0.15) is 13.2 Å². The molecule has 2 nitrogen and oxygen atoms in total. The highest BCUT2D eigenvalue weighted by Crippen LogP contribution is 2.32. The van der Waals surface area contributed by atoms with E-state index in [2.05, 4.69) is 0 Å². The Morgan fingerprint density at radius 1 is 0.947 bits per heavy atom. The summed E-state index contributed by atoms with van der Waals surface area (Å²) in [4.78, 5) is 0. The van der Waals surface area contributed by atoms with E-state index in [0.717, 1.165) is 12.1 Å². The maximum Gasteiger partial charge on any atom is 0.416 e. The van der Waals surface area contributed by atoms with Gasteiger partial charge in [0, 0.05) is 0 Å². The zero-order chi connectivity index (χ0) is 13.9. The topological polar surface area (TPSA) is 29.5 Å². The molecule has 100 valence electrons. The van der Waals surface area contributed by atoms with Gasteiger partial charge in [-0.05, 0) is 35.9 Å². The molecule has 0 aromatic heterocycles. The van der Waals surface area contributed by atoms with Crippen molar-refractivity contribution in [2.24, 2.45) is 0 Å². The van der Waals surface area contributed by atoms with Crippen molar-refractivity contribution >= 4 is 0 Å². The molecule has 2 aromatic carbocycles. The fourth-order valence-electron chi connectivity index (χ4n) is 1.58. The Morgan fingerprint density at radius 2 is 1.58 bits per heavy atom. The lowest BCUT2D eigenvalue weighted by molar-refractivity contribution is -0.137. The summed E-state index contributed by atoms with van der Waals surface area (Å²) in [6, 6.07) is 11.2. The van der Waals surface area contributed by atoms with Crippen LogP contribution in [0.5, 0.6) is 11.5 Å². The Labute approximate surface area is 108 Å². The molecule has 2 rings (SSSR count). The van der Waals surface area contributed by atoms with Crippen LogP contribution in [0.15, 0.2) is 48.5 Å². The van der Waals surface area contributed by atoms with E-state index < -0.39 is 11.7 Å². The predicted octanol–water partition coefficient (Wildman–Crippen LogP) is 3.99. The zero-order valence-corrected chi connectivity index (χ0v) is 9.82. The number of aliphatic hydroxyl groups is 1. The number of hydrogen-bond acceptors (Lipinski definition) is 2. The second-order valence-electron chi connectivity index (χ2n) is 3.93. The van der Waals surface area contributed by atoms with Crippen LogP contribution in [0.1, 0.15) is 11.1 Å². The first-order chi connectivity index (χ1) is 8.99. The van der Waals surface area contributed by atoms with Crippen molar-refractivity contribution in [2.75, 3.05) is 0 Å². The highest BCUT2D eigenvalue weighted by molar-refractivity contribution is 5.36. The molecule has 0 fully saturated rings. The van der Waals surface area contributed by atoms with Gasteiger partial charge in [0.2, 0.25) is 0 Å². The van der Waals surface area contributed by atoms with Gasteiger partial charge in [0.05, 0.1) is 12.2 Å². The van der Waals surface area contributed by atoms with Crippen LogP contribution in [0.3, 0.4) is 0 Å². The van der Waals surface area contributed by atoms with Crippen molar-refractivity contribution in [1.29, 1.82) is 0 Å². The Morgan fingerprint density at radius 3 is 2.21 bits per heavy atom. The second kappa shape index (κ2) is 5.32. The van der Waals surface area contributed by atoms with E-state index in [9.17, 15) is 13.2 Å². The van der Waals surface area contributed by atoms with Crippen LogP contribution in [-0.4, -0.2) is 5.11 Å². The zero-order valence-electron chi connectivity index (χ0n) is 9.82. The number of rotatable bonds is 3. The van der Waals surface area contributed by atoms with Gasteiger partial charge in [-0.3, -0.25) is 0 Å². The Kier molecular flexibility index (Phi) is 3.76. The first kappa shape index (κ1) is 13.4. The molecule has 0 atom stereocenters. The quantitative estimate of drug-likeness (QED) is 0.912. The summed E-state index contributed by atoms with van der Waals surface area (Å²) in [5.74, 6) is 0.482.